The van der Waals surface area contributed by atoms with Crippen LogP contribution in [-0.2, 0) is 4.79 Å². The molecular formula is C25H23N3O3. The first-order valence-corrected chi connectivity index (χ1v) is 10.1. The Morgan fingerprint density at radius 1 is 0.903 bits per heavy atom. The van der Waals surface area contributed by atoms with Gasteiger partial charge in [-0.3, -0.25) is 4.79 Å². The number of carbonyl (C=O) groups excluding carboxylic acids is 1. The van der Waals surface area contributed by atoms with Crippen molar-refractivity contribution in [3.05, 3.63) is 84.4 Å². The zero-order valence-electron chi connectivity index (χ0n) is 17.4. The number of aromatic nitrogens is 2. The van der Waals surface area contributed by atoms with Crippen LogP contribution in [0.3, 0.4) is 0 Å². The summed E-state index contributed by atoms with van der Waals surface area (Å²) in [5.41, 5.74) is 3.42. The lowest BCUT2D eigenvalue weighted by molar-refractivity contribution is -0.118. The van der Waals surface area contributed by atoms with Gasteiger partial charge in [0.1, 0.15) is 5.75 Å². The second-order valence-electron chi connectivity index (χ2n) is 7.42. The molecule has 0 fully saturated rings. The first-order chi connectivity index (χ1) is 15.1. The summed E-state index contributed by atoms with van der Waals surface area (Å²) in [5.74, 6) is 1.69. The van der Waals surface area contributed by atoms with Crippen LogP contribution in [0.5, 0.6) is 5.75 Å². The van der Waals surface area contributed by atoms with Crippen LogP contribution < -0.4 is 10.1 Å². The van der Waals surface area contributed by atoms with Crippen LogP contribution in [0.2, 0.25) is 0 Å². The number of hydrogen-bond donors (Lipinski definition) is 1. The molecule has 6 nitrogen and oxygen atoms in total. The Labute approximate surface area is 180 Å². The predicted octanol–water partition coefficient (Wildman–Crippen LogP) is 5.54. The van der Waals surface area contributed by atoms with Crippen LogP contribution in [0.15, 0.2) is 83.3 Å². The highest BCUT2D eigenvalue weighted by Gasteiger charge is 2.12. The molecule has 0 aliphatic carbocycles. The van der Waals surface area contributed by atoms with Gasteiger partial charge in [0.25, 0.3) is 5.91 Å². The van der Waals surface area contributed by atoms with Crippen molar-refractivity contribution in [3.63, 3.8) is 0 Å². The molecule has 4 aromatic rings. The van der Waals surface area contributed by atoms with Crippen LogP contribution in [0.25, 0.3) is 22.9 Å². The summed E-state index contributed by atoms with van der Waals surface area (Å²) < 4.78 is 11.4. The fraction of sp³-hybridized carbons (Fsp3) is 0.160. The topological polar surface area (TPSA) is 77.2 Å². The smallest absolute Gasteiger partial charge is 0.262 e. The van der Waals surface area contributed by atoms with Crippen LogP contribution in [0.1, 0.15) is 25.3 Å². The van der Waals surface area contributed by atoms with Crippen molar-refractivity contribution >= 4 is 11.6 Å². The van der Waals surface area contributed by atoms with E-state index >= 15 is 0 Å². The van der Waals surface area contributed by atoms with E-state index in [1.54, 1.807) is 12.1 Å². The molecular weight excluding hydrogens is 390 g/mol. The molecule has 156 valence electrons. The van der Waals surface area contributed by atoms with E-state index in [1.165, 1.54) is 5.56 Å². The Morgan fingerprint density at radius 3 is 2.29 bits per heavy atom. The van der Waals surface area contributed by atoms with Gasteiger partial charge in [0, 0.05) is 16.8 Å². The molecule has 31 heavy (non-hydrogen) atoms. The maximum Gasteiger partial charge on any atom is 0.262 e. The second-order valence-corrected chi connectivity index (χ2v) is 7.42. The van der Waals surface area contributed by atoms with E-state index in [4.69, 9.17) is 9.15 Å². The number of anilines is 1. The second kappa shape index (κ2) is 9.26. The van der Waals surface area contributed by atoms with E-state index in [1.807, 2.05) is 66.7 Å². The van der Waals surface area contributed by atoms with E-state index in [0.717, 1.165) is 11.1 Å². The molecule has 1 heterocycles. The number of nitrogens with one attached hydrogen (secondary N) is 1. The highest BCUT2D eigenvalue weighted by molar-refractivity contribution is 5.92. The lowest BCUT2D eigenvalue weighted by Crippen LogP contribution is -2.20. The van der Waals surface area contributed by atoms with Crippen molar-refractivity contribution in [1.29, 1.82) is 0 Å². The Balaban J connectivity index is 1.38. The third-order valence-electron chi connectivity index (χ3n) is 4.76. The largest absolute Gasteiger partial charge is 0.484 e. The molecule has 0 spiro atoms. The highest BCUT2D eigenvalue weighted by Crippen LogP contribution is 2.25. The predicted molar refractivity (Wildman–Crippen MR) is 120 cm³/mol. The molecule has 0 atom stereocenters. The first kappa shape index (κ1) is 20.3. The monoisotopic (exact) mass is 413 g/mol. The normalized spacial score (nSPS) is 10.8. The molecule has 0 aliphatic heterocycles. The standard InChI is InChI=1S/C25H23N3O3/c1-17(2)18-11-13-22(14-12-18)30-16-23(29)26-21-10-6-9-20(15-21)25-28-27-24(31-25)19-7-4-3-5-8-19/h3-15,17H,16H2,1-2H3,(H,26,29). The molecule has 0 saturated carbocycles. The SMILES string of the molecule is CC(C)c1ccc(OCC(=O)Nc2cccc(-c3nnc(-c4ccccc4)o3)c2)cc1. The van der Waals surface area contributed by atoms with Gasteiger partial charge in [0.05, 0.1) is 0 Å². The van der Waals surface area contributed by atoms with Crippen molar-refractivity contribution in [2.75, 3.05) is 11.9 Å². The summed E-state index contributed by atoms with van der Waals surface area (Å²) in [4.78, 5) is 12.3. The third kappa shape index (κ3) is 5.17. The zero-order valence-corrected chi connectivity index (χ0v) is 17.4. The average Bonchev–Trinajstić information content (AvgIpc) is 3.29. The van der Waals surface area contributed by atoms with Crippen molar-refractivity contribution < 1.29 is 13.9 Å². The van der Waals surface area contributed by atoms with Crippen LogP contribution in [0, 0.1) is 0 Å². The van der Waals surface area contributed by atoms with Crippen LogP contribution in [0.4, 0.5) is 5.69 Å². The summed E-state index contributed by atoms with van der Waals surface area (Å²) in [5, 5.41) is 11.1. The van der Waals surface area contributed by atoms with Gasteiger partial charge in [-0.25, -0.2) is 0 Å². The summed E-state index contributed by atoms with van der Waals surface area (Å²) in [7, 11) is 0. The number of amides is 1. The van der Waals surface area contributed by atoms with Crippen LogP contribution in [-0.4, -0.2) is 22.7 Å². The highest BCUT2D eigenvalue weighted by atomic mass is 16.5. The van der Waals surface area contributed by atoms with Crippen molar-refractivity contribution in [1.82, 2.24) is 10.2 Å². The van der Waals surface area contributed by atoms with Gasteiger partial charge in [0.15, 0.2) is 6.61 Å². The van der Waals surface area contributed by atoms with Gasteiger partial charge in [-0.15, -0.1) is 10.2 Å². The molecule has 3 aromatic carbocycles. The average molecular weight is 413 g/mol. The van der Waals surface area contributed by atoms with E-state index in [2.05, 4.69) is 29.4 Å². The number of ether oxygens (including phenoxy) is 1. The molecule has 1 N–H and O–H groups in total. The minimum absolute atomic E-state index is 0.0794. The fourth-order valence-corrected chi connectivity index (χ4v) is 3.06. The Hall–Kier alpha value is -3.93. The maximum absolute atomic E-state index is 12.3. The molecule has 1 aromatic heterocycles. The number of benzene rings is 3. The third-order valence-corrected chi connectivity index (χ3v) is 4.76. The molecule has 1 amide bonds. The van der Waals surface area contributed by atoms with Gasteiger partial charge >= 0.3 is 0 Å². The minimum Gasteiger partial charge on any atom is -0.484 e. The number of rotatable bonds is 7. The van der Waals surface area contributed by atoms with Gasteiger partial charge in [0.2, 0.25) is 11.8 Å². The lowest BCUT2D eigenvalue weighted by atomic mass is 10.0. The lowest BCUT2D eigenvalue weighted by Gasteiger charge is -2.10. The summed E-state index contributed by atoms with van der Waals surface area (Å²) in [6, 6.07) is 24.6. The first-order valence-electron chi connectivity index (χ1n) is 10.1. The molecule has 4 rings (SSSR count). The van der Waals surface area contributed by atoms with Gasteiger partial charge in [-0.1, -0.05) is 50.2 Å². The molecule has 0 aliphatic rings. The van der Waals surface area contributed by atoms with E-state index < -0.39 is 0 Å². The Kier molecular flexibility index (Phi) is 6.08. The number of nitrogens with zero attached hydrogens (tertiary/aromatic N) is 2. The summed E-state index contributed by atoms with van der Waals surface area (Å²) in [6.07, 6.45) is 0. The van der Waals surface area contributed by atoms with E-state index in [0.29, 0.717) is 29.1 Å². The van der Waals surface area contributed by atoms with Gasteiger partial charge < -0.3 is 14.5 Å². The molecule has 0 bridgehead atoms. The quantitative estimate of drug-likeness (QED) is 0.430. The van der Waals surface area contributed by atoms with Crippen molar-refractivity contribution in [2.45, 2.75) is 19.8 Å². The summed E-state index contributed by atoms with van der Waals surface area (Å²) >= 11 is 0. The minimum atomic E-state index is -0.249. The Morgan fingerprint density at radius 2 is 1.58 bits per heavy atom. The van der Waals surface area contributed by atoms with Crippen LogP contribution >= 0.6 is 0 Å². The van der Waals surface area contributed by atoms with E-state index in [-0.39, 0.29) is 12.5 Å². The molecule has 6 heteroatoms. The van der Waals surface area contributed by atoms with Crippen molar-refractivity contribution in [2.24, 2.45) is 0 Å². The van der Waals surface area contributed by atoms with Gasteiger partial charge in [-0.2, -0.15) is 0 Å². The van der Waals surface area contributed by atoms with E-state index in [9.17, 15) is 4.79 Å². The Bertz CT molecular complexity index is 1150. The molecule has 0 unspecified atom stereocenters. The molecule has 0 saturated heterocycles. The van der Waals surface area contributed by atoms with Gasteiger partial charge in [-0.05, 0) is 53.9 Å². The maximum atomic E-state index is 12.3. The fourth-order valence-electron chi connectivity index (χ4n) is 3.06. The number of hydrogen-bond acceptors (Lipinski definition) is 5. The van der Waals surface area contributed by atoms with Crippen molar-refractivity contribution in [3.8, 4) is 28.7 Å². The number of carbonyl (C=O) groups is 1. The molecule has 0 radical (unpaired) electrons. The zero-order chi connectivity index (χ0) is 21.6. The summed E-state index contributed by atoms with van der Waals surface area (Å²) in [6.45, 7) is 4.19.